The zero-order valence-corrected chi connectivity index (χ0v) is 18.4. The van der Waals surface area contributed by atoms with Crippen molar-refractivity contribution < 1.29 is 17.9 Å². The number of sulfonamides is 1. The summed E-state index contributed by atoms with van der Waals surface area (Å²) in [7, 11) is 0.128. The highest BCUT2D eigenvalue weighted by molar-refractivity contribution is 7.89. The first-order chi connectivity index (χ1) is 14.8. The molecule has 2 aromatic rings. The molecule has 3 aliphatic rings. The van der Waals surface area contributed by atoms with E-state index in [0.29, 0.717) is 49.5 Å². The van der Waals surface area contributed by atoms with Crippen molar-refractivity contribution in [2.24, 2.45) is 0 Å². The Bertz CT molecular complexity index is 1130. The Kier molecular flexibility index (Phi) is 4.86. The molecule has 9 nitrogen and oxygen atoms in total. The molecule has 0 bridgehead atoms. The number of anilines is 2. The molecule has 4 heterocycles. The van der Waals surface area contributed by atoms with Crippen molar-refractivity contribution in [1.82, 2.24) is 14.5 Å². The number of hydrogen-bond donors (Lipinski definition) is 0. The van der Waals surface area contributed by atoms with Crippen LogP contribution in [0.15, 0.2) is 29.2 Å². The summed E-state index contributed by atoms with van der Waals surface area (Å²) < 4.78 is 34.0. The molecule has 5 rings (SSSR count). The van der Waals surface area contributed by atoms with E-state index in [2.05, 4.69) is 10.2 Å². The summed E-state index contributed by atoms with van der Waals surface area (Å²) in [5, 5.41) is 8.17. The molecule has 1 unspecified atom stereocenters. The van der Waals surface area contributed by atoms with Gasteiger partial charge in [0.1, 0.15) is 6.10 Å². The lowest BCUT2D eigenvalue weighted by Crippen LogP contribution is -2.33. The molecule has 1 amide bonds. The fourth-order valence-electron chi connectivity index (χ4n) is 4.52. The van der Waals surface area contributed by atoms with Crippen LogP contribution < -0.4 is 14.5 Å². The highest BCUT2D eigenvalue weighted by Gasteiger charge is 2.37. The van der Waals surface area contributed by atoms with Crippen molar-refractivity contribution in [1.29, 1.82) is 0 Å². The van der Waals surface area contributed by atoms with Gasteiger partial charge in [-0.25, -0.2) is 8.42 Å². The van der Waals surface area contributed by atoms with Crippen LogP contribution in [0.4, 0.5) is 11.5 Å². The van der Waals surface area contributed by atoms with Gasteiger partial charge in [0.05, 0.1) is 17.1 Å². The maximum atomic E-state index is 13.3. The maximum absolute atomic E-state index is 13.3. The molecule has 1 fully saturated rings. The first-order valence-electron chi connectivity index (χ1n) is 10.5. The number of amides is 1. The summed E-state index contributed by atoms with van der Waals surface area (Å²) in [4.78, 5) is 16.1. The summed E-state index contributed by atoms with van der Waals surface area (Å²) >= 11 is 0. The van der Waals surface area contributed by atoms with Gasteiger partial charge in [-0.2, -0.15) is 4.31 Å². The second-order valence-corrected chi connectivity index (χ2v) is 10.3. The summed E-state index contributed by atoms with van der Waals surface area (Å²) in [6, 6.07) is 7.05. The van der Waals surface area contributed by atoms with E-state index >= 15 is 0 Å². The monoisotopic (exact) mass is 443 g/mol. The van der Waals surface area contributed by atoms with Crippen molar-refractivity contribution >= 4 is 27.4 Å². The van der Waals surface area contributed by atoms with Crippen LogP contribution in [-0.4, -0.2) is 68.7 Å². The van der Waals surface area contributed by atoms with Crippen LogP contribution in [0.5, 0.6) is 5.88 Å². The Morgan fingerprint density at radius 2 is 1.84 bits per heavy atom. The van der Waals surface area contributed by atoms with E-state index in [1.165, 1.54) is 4.31 Å². The molecule has 31 heavy (non-hydrogen) atoms. The van der Waals surface area contributed by atoms with Gasteiger partial charge < -0.3 is 14.5 Å². The minimum absolute atomic E-state index is 0.128. The predicted octanol–water partition coefficient (Wildman–Crippen LogP) is 1.22. The van der Waals surface area contributed by atoms with Crippen LogP contribution >= 0.6 is 0 Å². The van der Waals surface area contributed by atoms with Crippen LogP contribution in [0.1, 0.15) is 24.0 Å². The van der Waals surface area contributed by atoms with Gasteiger partial charge in [0.15, 0.2) is 5.82 Å². The first kappa shape index (κ1) is 20.2. The molecule has 1 saturated heterocycles. The highest BCUT2D eigenvalue weighted by Crippen LogP contribution is 2.39. The number of carbonyl (C=O) groups is 1. The zero-order valence-electron chi connectivity index (χ0n) is 17.6. The number of rotatable bonds is 5. The molecular weight excluding hydrogens is 418 g/mol. The number of hydrogen-bond acceptors (Lipinski definition) is 7. The Labute approximate surface area is 181 Å². The van der Waals surface area contributed by atoms with E-state index in [1.54, 1.807) is 23.1 Å². The normalized spacial score (nSPS) is 20.8. The van der Waals surface area contributed by atoms with Gasteiger partial charge in [-0.05, 0) is 48.6 Å². The van der Waals surface area contributed by atoms with Crippen LogP contribution in [0.3, 0.4) is 0 Å². The SMILES string of the molecule is CN(C)c1ccc(OC2CCN(S(=O)(=O)c3cc4c5c(c3)CCN5C(=O)CC4)C2)nn1. The van der Waals surface area contributed by atoms with Crippen LogP contribution in [0.2, 0.25) is 0 Å². The van der Waals surface area contributed by atoms with Crippen LogP contribution in [0, 0.1) is 0 Å². The lowest BCUT2D eigenvalue weighted by molar-refractivity contribution is -0.118. The number of carbonyl (C=O) groups excluding carboxylic acids is 1. The molecule has 0 saturated carbocycles. The Morgan fingerprint density at radius 3 is 2.55 bits per heavy atom. The van der Waals surface area contributed by atoms with Gasteiger partial charge in [0.2, 0.25) is 21.8 Å². The number of benzene rings is 1. The first-order valence-corrected chi connectivity index (χ1v) is 11.9. The maximum Gasteiger partial charge on any atom is 0.243 e. The Balaban J connectivity index is 1.33. The van der Waals surface area contributed by atoms with Crippen molar-refractivity contribution in [3.63, 3.8) is 0 Å². The van der Waals surface area contributed by atoms with Gasteiger partial charge in [0.25, 0.3) is 0 Å². The number of ether oxygens (including phenoxy) is 1. The van der Waals surface area contributed by atoms with Crippen molar-refractivity contribution in [3.05, 3.63) is 35.4 Å². The third-order valence-electron chi connectivity index (χ3n) is 6.14. The molecule has 0 radical (unpaired) electrons. The van der Waals surface area contributed by atoms with Gasteiger partial charge >= 0.3 is 0 Å². The molecule has 1 atom stereocenters. The quantitative estimate of drug-likeness (QED) is 0.686. The molecule has 1 aromatic carbocycles. The summed E-state index contributed by atoms with van der Waals surface area (Å²) in [5.41, 5.74) is 2.83. The summed E-state index contributed by atoms with van der Waals surface area (Å²) in [6.07, 6.45) is 2.05. The van der Waals surface area contributed by atoms with E-state index in [0.717, 1.165) is 22.6 Å². The minimum Gasteiger partial charge on any atom is -0.472 e. The molecule has 1 aromatic heterocycles. The van der Waals surface area contributed by atoms with E-state index in [-0.39, 0.29) is 18.6 Å². The van der Waals surface area contributed by atoms with E-state index < -0.39 is 10.0 Å². The second-order valence-electron chi connectivity index (χ2n) is 8.40. The predicted molar refractivity (Wildman–Crippen MR) is 115 cm³/mol. The number of aryl methyl sites for hydroxylation is 1. The topological polar surface area (TPSA) is 95.9 Å². The molecule has 0 N–H and O–H groups in total. The fraction of sp³-hybridized carbons (Fsp3) is 0.476. The molecule has 3 aliphatic heterocycles. The third kappa shape index (κ3) is 3.53. The van der Waals surface area contributed by atoms with Crippen molar-refractivity contribution in [2.75, 3.05) is 43.5 Å². The van der Waals surface area contributed by atoms with Gasteiger partial charge in [-0.1, -0.05) is 0 Å². The Morgan fingerprint density at radius 1 is 1.06 bits per heavy atom. The van der Waals surface area contributed by atoms with Crippen LogP contribution in [0.25, 0.3) is 0 Å². The van der Waals surface area contributed by atoms with Gasteiger partial charge in [0, 0.05) is 39.7 Å². The smallest absolute Gasteiger partial charge is 0.243 e. The van der Waals surface area contributed by atoms with E-state index in [1.807, 2.05) is 25.1 Å². The molecule has 10 heteroatoms. The summed E-state index contributed by atoms with van der Waals surface area (Å²) in [6.45, 7) is 1.31. The minimum atomic E-state index is -3.64. The average Bonchev–Trinajstić information content (AvgIpc) is 3.39. The molecule has 0 spiro atoms. The standard InChI is InChI=1S/C21H25N5O4S/c1-24(2)18-4-5-19(23-22-18)30-16-8-9-25(13-16)31(28,29)17-11-14-3-6-20(27)26-10-7-15(12-17)21(14)26/h4-5,11-12,16H,3,6-10,13H2,1-2H3. The lowest BCUT2D eigenvalue weighted by atomic mass is 10.00. The largest absolute Gasteiger partial charge is 0.472 e. The number of nitrogens with zero attached hydrogens (tertiary/aromatic N) is 5. The average molecular weight is 444 g/mol. The molecule has 164 valence electrons. The molecular formula is C21H25N5O4S. The molecule has 0 aliphatic carbocycles. The van der Waals surface area contributed by atoms with Crippen LogP contribution in [-0.2, 0) is 27.7 Å². The highest BCUT2D eigenvalue weighted by atomic mass is 32.2. The lowest BCUT2D eigenvalue weighted by Gasteiger charge is -2.26. The summed E-state index contributed by atoms with van der Waals surface area (Å²) in [5.74, 6) is 1.24. The third-order valence-corrected chi connectivity index (χ3v) is 7.99. The zero-order chi connectivity index (χ0) is 21.8. The van der Waals surface area contributed by atoms with Crippen molar-refractivity contribution in [3.8, 4) is 5.88 Å². The second kappa shape index (κ2) is 7.45. The Hall–Kier alpha value is -2.72. The van der Waals surface area contributed by atoms with Gasteiger partial charge in [-0.3, -0.25) is 4.79 Å². The van der Waals surface area contributed by atoms with E-state index in [4.69, 9.17) is 4.74 Å². The van der Waals surface area contributed by atoms with Crippen molar-refractivity contribution in [2.45, 2.75) is 36.7 Å². The van der Waals surface area contributed by atoms with E-state index in [9.17, 15) is 13.2 Å². The number of aromatic nitrogens is 2. The van der Waals surface area contributed by atoms with Gasteiger partial charge in [-0.15, -0.1) is 10.2 Å². The fourth-order valence-corrected chi connectivity index (χ4v) is 6.11.